The predicted octanol–water partition coefficient (Wildman–Crippen LogP) is 4.32. The summed E-state index contributed by atoms with van der Waals surface area (Å²) in [4.78, 5) is 33.1. The van der Waals surface area contributed by atoms with Crippen LogP contribution in [-0.2, 0) is 22.6 Å². The Balaban J connectivity index is 0.000000967. The number of carbonyl (C=O) groups excluding carboxylic acids is 1. The van der Waals surface area contributed by atoms with Crippen LogP contribution in [0.2, 0.25) is 0 Å². The molecule has 4 aromatic rings. The van der Waals surface area contributed by atoms with E-state index in [1.54, 1.807) is 12.4 Å². The van der Waals surface area contributed by atoms with Crippen molar-refractivity contribution in [3.8, 4) is 11.3 Å². The number of benzene rings is 1. The zero-order valence-corrected chi connectivity index (χ0v) is 22.6. The Bertz CT molecular complexity index is 1610. The molecule has 0 spiro atoms. The van der Waals surface area contributed by atoms with Gasteiger partial charge in [-0.05, 0) is 55.6 Å². The first-order valence-corrected chi connectivity index (χ1v) is 13.7. The van der Waals surface area contributed by atoms with Crippen LogP contribution in [0.25, 0.3) is 16.9 Å². The molecule has 11 heteroatoms. The van der Waals surface area contributed by atoms with Crippen LogP contribution >= 0.6 is 0 Å². The van der Waals surface area contributed by atoms with Crippen LogP contribution in [0.1, 0.15) is 52.4 Å². The van der Waals surface area contributed by atoms with Gasteiger partial charge in [-0.1, -0.05) is 12.1 Å². The summed E-state index contributed by atoms with van der Waals surface area (Å²) >= 11 is 0. The van der Waals surface area contributed by atoms with Gasteiger partial charge in [-0.25, -0.2) is 14.4 Å². The van der Waals surface area contributed by atoms with Crippen molar-refractivity contribution in [1.29, 1.82) is 0 Å². The summed E-state index contributed by atoms with van der Waals surface area (Å²) in [7, 11) is 2.17. The van der Waals surface area contributed by atoms with Crippen LogP contribution in [0.15, 0.2) is 48.8 Å². The first kappa shape index (κ1) is 26.9. The summed E-state index contributed by atoms with van der Waals surface area (Å²) in [6.07, 6.45) is 6.88. The number of ether oxygens (including phenoxy) is 1. The minimum Gasteiger partial charge on any atom is -0.483 e. The molecule has 41 heavy (non-hydrogen) atoms. The second-order valence-electron chi connectivity index (χ2n) is 10.6. The normalized spacial score (nSPS) is 17.7. The molecule has 1 atom stereocenters. The topological polar surface area (TPSA) is 121 Å². The van der Waals surface area contributed by atoms with E-state index in [1.807, 2.05) is 22.6 Å². The van der Waals surface area contributed by atoms with E-state index >= 15 is 0 Å². The second kappa shape index (κ2) is 11.3. The Hall–Kier alpha value is -4.35. The summed E-state index contributed by atoms with van der Waals surface area (Å²) < 4.78 is 21.2. The number of nitrogens with one attached hydrogen (secondary N) is 2. The number of hydrogen-bond donors (Lipinski definition) is 3. The number of halogens is 1. The largest absolute Gasteiger partial charge is 0.483 e. The Morgan fingerprint density at radius 2 is 2.07 bits per heavy atom. The first-order valence-electron chi connectivity index (χ1n) is 13.7. The summed E-state index contributed by atoms with van der Waals surface area (Å²) in [5.41, 5.74) is 6.74. The fourth-order valence-corrected chi connectivity index (χ4v) is 5.73. The Morgan fingerprint density at radius 1 is 1.24 bits per heavy atom. The van der Waals surface area contributed by atoms with Crippen LogP contribution < -0.4 is 10.6 Å². The van der Waals surface area contributed by atoms with Gasteiger partial charge in [0, 0.05) is 49.5 Å². The highest BCUT2D eigenvalue weighted by atomic mass is 19.1. The average molecular weight is 559 g/mol. The third kappa shape index (κ3) is 5.38. The third-order valence-electron chi connectivity index (χ3n) is 7.93. The number of amides is 1. The molecule has 10 nitrogen and oxygen atoms in total. The summed E-state index contributed by atoms with van der Waals surface area (Å²) in [6.45, 7) is 2.48. The summed E-state index contributed by atoms with van der Waals surface area (Å²) in [6, 6.07) is 11.5. The van der Waals surface area contributed by atoms with Crippen molar-refractivity contribution in [2.75, 3.05) is 25.6 Å². The van der Waals surface area contributed by atoms with Crippen molar-refractivity contribution in [3.05, 3.63) is 77.0 Å². The third-order valence-corrected chi connectivity index (χ3v) is 7.93. The number of nitrogens with zero attached hydrogens (tertiary/aromatic N) is 4. The quantitative estimate of drug-likeness (QED) is 0.287. The van der Waals surface area contributed by atoms with E-state index in [0.29, 0.717) is 41.2 Å². The van der Waals surface area contributed by atoms with Gasteiger partial charge in [0.15, 0.2) is 0 Å². The standard InChI is InChI=1S/C29H29FN6O2.CH2O2/c1-35(19-2-3-19)15-24-20(17-9-11-38-16-17)5-7-26(34-24)33-23-6-4-21(22-13-32-29(37)28(22)23)25-14-31-27-12-18(30)8-10-36(25)27;2-1-3/h4-8,10,12,14,17,19H,2-3,9,11,13,15-16H2,1H3,(H,32,37)(H,33,34);1H,(H,2,3). The molecule has 5 heterocycles. The molecule has 2 fully saturated rings. The van der Waals surface area contributed by atoms with Crippen LogP contribution in [0.3, 0.4) is 0 Å². The van der Waals surface area contributed by atoms with Gasteiger partial charge in [-0.2, -0.15) is 0 Å². The number of rotatable bonds is 7. The Kier molecular flexibility index (Phi) is 7.38. The van der Waals surface area contributed by atoms with Crippen molar-refractivity contribution in [3.63, 3.8) is 0 Å². The lowest BCUT2D eigenvalue weighted by molar-refractivity contribution is -0.122. The highest BCUT2D eigenvalue weighted by Crippen LogP contribution is 2.36. The van der Waals surface area contributed by atoms with Crippen LogP contribution in [0, 0.1) is 5.82 Å². The molecule has 0 bridgehead atoms. The minimum atomic E-state index is -0.335. The van der Waals surface area contributed by atoms with Gasteiger partial charge < -0.3 is 20.5 Å². The van der Waals surface area contributed by atoms with Crippen molar-refractivity contribution in [2.45, 2.75) is 44.3 Å². The van der Waals surface area contributed by atoms with Gasteiger partial charge in [-0.15, -0.1) is 0 Å². The lowest BCUT2D eigenvalue weighted by atomic mass is 9.96. The fourth-order valence-electron chi connectivity index (χ4n) is 5.73. The van der Waals surface area contributed by atoms with E-state index in [2.05, 4.69) is 33.6 Å². The summed E-state index contributed by atoms with van der Waals surface area (Å²) in [5, 5.41) is 13.3. The molecule has 1 aliphatic carbocycles. The van der Waals surface area contributed by atoms with E-state index in [4.69, 9.17) is 19.6 Å². The van der Waals surface area contributed by atoms with Gasteiger partial charge in [0.2, 0.25) is 0 Å². The van der Waals surface area contributed by atoms with Crippen molar-refractivity contribution >= 4 is 29.5 Å². The molecular weight excluding hydrogens is 527 g/mol. The SMILES string of the molecule is CN(Cc1nc(Nc2ccc(-c3cnc4cc(F)ccn34)c3c2C(=O)NC3)ccc1C1CCOC1)C1CC1.O=CO. The number of fused-ring (bicyclic) bond motifs is 2. The predicted molar refractivity (Wildman–Crippen MR) is 151 cm³/mol. The molecule has 2 aliphatic heterocycles. The van der Waals surface area contributed by atoms with E-state index in [-0.39, 0.29) is 18.2 Å². The van der Waals surface area contributed by atoms with Crippen LogP contribution in [-0.4, -0.2) is 63.1 Å². The van der Waals surface area contributed by atoms with Gasteiger partial charge in [-0.3, -0.25) is 18.9 Å². The number of aromatic nitrogens is 3. The molecule has 7 rings (SSSR count). The van der Waals surface area contributed by atoms with Crippen LogP contribution in [0.5, 0.6) is 0 Å². The fraction of sp³-hybridized carbons (Fsp3) is 0.333. The molecule has 1 saturated carbocycles. The molecule has 1 unspecified atom stereocenters. The minimum absolute atomic E-state index is 0.127. The first-order chi connectivity index (χ1) is 20.0. The smallest absolute Gasteiger partial charge is 0.290 e. The Morgan fingerprint density at radius 3 is 2.83 bits per heavy atom. The average Bonchev–Trinajstić information content (AvgIpc) is 3.32. The highest BCUT2D eigenvalue weighted by molar-refractivity contribution is 6.06. The summed E-state index contributed by atoms with van der Waals surface area (Å²) in [5.74, 6) is 0.620. The monoisotopic (exact) mass is 558 g/mol. The Labute approximate surface area is 236 Å². The number of pyridine rings is 2. The van der Waals surface area contributed by atoms with E-state index in [9.17, 15) is 9.18 Å². The highest BCUT2D eigenvalue weighted by Gasteiger charge is 2.30. The number of imidazole rings is 1. The van der Waals surface area contributed by atoms with E-state index in [1.165, 1.54) is 30.5 Å². The molecule has 0 radical (unpaired) electrons. The molecule has 1 saturated heterocycles. The van der Waals surface area contributed by atoms with E-state index in [0.717, 1.165) is 48.7 Å². The zero-order valence-electron chi connectivity index (χ0n) is 22.6. The van der Waals surface area contributed by atoms with Gasteiger partial charge in [0.1, 0.15) is 17.3 Å². The second-order valence-corrected chi connectivity index (χ2v) is 10.6. The molecule has 1 amide bonds. The number of hydrogen-bond acceptors (Lipinski definition) is 7. The van der Waals surface area contributed by atoms with Crippen molar-refractivity contribution < 1.29 is 23.8 Å². The lowest BCUT2D eigenvalue weighted by Crippen LogP contribution is -2.22. The zero-order chi connectivity index (χ0) is 28.5. The molecule has 3 N–H and O–H groups in total. The molecule has 3 aromatic heterocycles. The van der Waals surface area contributed by atoms with Gasteiger partial charge in [0.05, 0.1) is 35.4 Å². The van der Waals surface area contributed by atoms with Crippen molar-refractivity contribution in [2.24, 2.45) is 0 Å². The van der Waals surface area contributed by atoms with E-state index < -0.39 is 0 Å². The maximum Gasteiger partial charge on any atom is 0.290 e. The van der Waals surface area contributed by atoms with Crippen LogP contribution in [0.4, 0.5) is 15.9 Å². The number of carboxylic acid groups (broad SMARTS) is 1. The van der Waals surface area contributed by atoms with Gasteiger partial charge in [0.25, 0.3) is 12.4 Å². The molecular formula is C30H31FN6O4. The lowest BCUT2D eigenvalue weighted by Gasteiger charge is -2.21. The maximum atomic E-state index is 13.7. The number of carbonyl (C=O) groups is 2. The molecule has 212 valence electrons. The van der Waals surface area contributed by atoms with Gasteiger partial charge >= 0.3 is 0 Å². The number of anilines is 2. The maximum absolute atomic E-state index is 13.7. The molecule has 1 aromatic carbocycles. The van der Waals surface area contributed by atoms with Crippen molar-refractivity contribution in [1.82, 2.24) is 24.6 Å². The molecule has 3 aliphatic rings.